The van der Waals surface area contributed by atoms with E-state index in [4.69, 9.17) is 27.9 Å². The molecule has 0 saturated carbocycles. The van der Waals surface area contributed by atoms with Crippen LogP contribution < -0.4 is 4.90 Å². The Hall–Kier alpha value is -2.37. The van der Waals surface area contributed by atoms with Gasteiger partial charge in [0.15, 0.2) is 11.0 Å². The highest BCUT2D eigenvalue weighted by atomic mass is 35.5. The Bertz CT molecular complexity index is 1070. The van der Waals surface area contributed by atoms with E-state index in [9.17, 15) is 14.4 Å². The molecule has 2 aliphatic rings. The van der Waals surface area contributed by atoms with Crippen LogP contribution in [0.15, 0.2) is 6.20 Å². The number of carbonyl (C=O) groups excluding carboxylic acids is 1. The summed E-state index contributed by atoms with van der Waals surface area (Å²) in [6.45, 7) is 6.42. The Balaban J connectivity index is 1.74. The minimum atomic E-state index is -0.780. The van der Waals surface area contributed by atoms with Crippen LogP contribution in [0.25, 0.3) is 10.9 Å². The summed E-state index contributed by atoms with van der Waals surface area (Å²) in [6, 6.07) is 1.91. The molecule has 0 unspecified atom stereocenters. The molecule has 1 amide bonds. The van der Waals surface area contributed by atoms with Gasteiger partial charge in [0.25, 0.3) is 0 Å². The number of piperazine rings is 1. The number of halogens is 3. The molecular formula is C20H20Cl2FN5O2. The van der Waals surface area contributed by atoms with Gasteiger partial charge in [-0.1, -0.05) is 23.2 Å². The maximum atomic E-state index is 14.6. The SMILES string of the molecule is CC(C)(C)OC(=O)N1[C@@H]2CC[C@H]1CN(c1c(C#N)c(Cl)nc3c(F)c(Cl)ncc13)C2. The van der Waals surface area contributed by atoms with Gasteiger partial charge in [-0.2, -0.15) is 5.26 Å². The third-order valence-corrected chi connectivity index (χ3v) is 5.91. The molecule has 2 aromatic heterocycles. The highest BCUT2D eigenvalue weighted by Crippen LogP contribution is 2.40. The van der Waals surface area contributed by atoms with E-state index in [1.54, 1.807) is 4.90 Å². The predicted octanol–water partition coefficient (Wildman–Crippen LogP) is 4.54. The zero-order valence-electron chi connectivity index (χ0n) is 16.7. The van der Waals surface area contributed by atoms with Crippen LogP contribution in [0.4, 0.5) is 14.9 Å². The van der Waals surface area contributed by atoms with Crippen molar-refractivity contribution in [1.29, 1.82) is 5.26 Å². The number of ether oxygens (including phenoxy) is 1. The fraction of sp³-hybridized carbons (Fsp3) is 0.500. The van der Waals surface area contributed by atoms with Crippen molar-refractivity contribution < 1.29 is 13.9 Å². The molecule has 158 valence electrons. The van der Waals surface area contributed by atoms with Crippen LogP contribution in [0.2, 0.25) is 10.3 Å². The second-order valence-corrected chi connectivity index (χ2v) is 9.26. The minimum absolute atomic E-state index is 0.0316. The maximum absolute atomic E-state index is 14.6. The van der Waals surface area contributed by atoms with E-state index in [-0.39, 0.29) is 39.6 Å². The van der Waals surface area contributed by atoms with Crippen molar-refractivity contribution in [2.45, 2.75) is 51.3 Å². The van der Waals surface area contributed by atoms with Crippen LogP contribution in [0.5, 0.6) is 0 Å². The molecule has 30 heavy (non-hydrogen) atoms. The molecule has 4 rings (SSSR count). The van der Waals surface area contributed by atoms with E-state index in [0.717, 1.165) is 12.8 Å². The number of hydrogen-bond donors (Lipinski definition) is 0. The van der Waals surface area contributed by atoms with Crippen molar-refractivity contribution in [2.24, 2.45) is 0 Å². The summed E-state index contributed by atoms with van der Waals surface area (Å²) in [4.78, 5) is 24.4. The van der Waals surface area contributed by atoms with E-state index in [0.29, 0.717) is 24.2 Å². The maximum Gasteiger partial charge on any atom is 0.410 e. The average Bonchev–Trinajstić information content (AvgIpc) is 2.93. The highest BCUT2D eigenvalue weighted by Gasteiger charge is 2.45. The normalized spacial score (nSPS) is 21.1. The molecule has 2 fully saturated rings. The van der Waals surface area contributed by atoms with Gasteiger partial charge in [-0.3, -0.25) is 4.90 Å². The smallest absolute Gasteiger partial charge is 0.410 e. The lowest BCUT2D eigenvalue weighted by Crippen LogP contribution is -2.57. The Labute approximate surface area is 183 Å². The van der Waals surface area contributed by atoms with Crippen LogP contribution in [-0.2, 0) is 4.74 Å². The molecule has 2 atom stereocenters. The van der Waals surface area contributed by atoms with Crippen molar-refractivity contribution in [1.82, 2.24) is 14.9 Å². The molecular weight excluding hydrogens is 432 g/mol. The van der Waals surface area contributed by atoms with Crippen LogP contribution in [0.3, 0.4) is 0 Å². The third kappa shape index (κ3) is 3.50. The van der Waals surface area contributed by atoms with Gasteiger partial charge in [-0.05, 0) is 33.6 Å². The first kappa shape index (κ1) is 20.9. The topological polar surface area (TPSA) is 82.4 Å². The van der Waals surface area contributed by atoms with E-state index in [1.165, 1.54) is 6.20 Å². The third-order valence-electron chi connectivity index (χ3n) is 5.37. The zero-order valence-corrected chi connectivity index (χ0v) is 18.3. The van der Waals surface area contributed by atoms with Gasteiger partial charge in [0.1, 0.15) is 27.9 Å². The van der Waals surface area contributed by atoms with Gasteiger partial charge in [0.2, 0.25) is 0 Å². The number of rotatable bonds is 1. The lowest BCUT2D eigenvalue weighted by Gasteiger charge is -2.42. The predicted molar refractivity (Wildman–Crippen MR) is 111 cm³/mol. The fourth-order valence-electron chi connectivity index (χ4n) is 4.25. The van der Waals surface area contributed by atoms with Crippen molar-refractivity contribution in [3.8, 4) is 6.07 Å². The lowest BCUT2D eigenvalue weighted by molar-refractivity contribution is 0.0123. The Kier molecular flexibility index (Phi) is 5.15. The van der Waals surface area contributed by atoms with Crippen LogP contribution in [0, 0.1) is 17.1 Å². The quantitative estimate of drug-likeness (QED) is 0.592. The summed E-state index contributed by atoms with van der Waals surface area (Å²) in [5, 5.41) is 9.66. The first-order chi connectivity index (χ1) is 14.1. The lowest BCUT2D eigenvalue weighted by atomic mass is 10.1. The number of anilines is 1. The number of nitriles is 1. The standard InChI is InChI=1S/C20H20Cl2FN5O2/c1-20(2,3)30-19(29)28-10-4-5-11(28)9-27(8-10)16-12(6-24)17(21)26-15-13(16)7-25-18(22)14(15)23/h7,10-11H,4-5,8-9H2,1-3H3/t10-,11+. The van der Waals surface area contributed by atoms with Gasteiger partial charge >= 0.3 is 6.09 Å². The molecule has 2 bridgehead atoms. The number of pyridine rings is 2. The molecule has 0 aromatic carbocycles. The summed E-state index contributed by atoms with van der Waals surface area (Å²) >= 11 is 12.0. The summed E-state index contributed by atoms with van der Waals surface area (Å²) in [7, 11) is 0. The zero-order chi connectivity index (χ0) is 21.8. The average molecular weight is 452 g/mol. The Morgan fingerprint density at radius 3 is 2.47 bits per heavy atom. The van der Waals surface area contributed by atoms with Gasteiger partial charge in [0, 0.05) is 24.7 Å². The molecule has 0 radical (unpaired) electrons. The molecule has 2 aromatic rings. The first-order valence-corrected chi connectivity index (χ1v) is 10.4. The molecule has 0 aliphatic carbocycles. The molecule has 7 nitrogen and oxygen atoms in total. The highest BCUT2D eigenvalue weighted by molar-refractivity contribution is 6.32. The second kappa shape index (κ2) is 7.40. The number of carbonyl (C=O) groups is 1. The summed E-state index contributed by atoms with van der Waals surface area (Å²) in [5.41, 5.74) is 0.00359. The second-order valence-electron chi connectivity index (χ2n) is 8.54. The molecule has 0 spiro atoms. The number of fused-ring (bicyclic) bond motifs is 3. The van der Waals surface area contributed by atoms with Crippen molar-refractivity contribution in [2.75, 3.05) is 18.0 Å². The van der Waals surface area contributed by atoms with E-state index in [2.05, 4.69) is 16.0 Å². The van der Waals surface area contributed by atoms with E-state index < -0.39 is 11.4 Å². The number of aromatic nitrogens is 2. The van der Waals surface area contributed by atoms with Crippen molar-refractivity contribution in [3.05, 3.63) is 27.9 Å². The Morgan fingerprint density at radius 1 is 1.27 bits per heavy atom. The van der Waals surface area contributed by atoms with Crippen LogP contribution in [-0.4, -0.2) is 51.7 Å². The fourth-order valence-corrected chi connectivity index (χ4v) is 4.60. The minimum Gasteiger partial charge on any atom is -0.444 e. The number of amides is 1. The van der Waals surface area contributed by atoms with Crippen LogP contribution >= 0.6 is 23.2 Å². The van der Waals surface area contributed by atoms with E-state index in [1.807, 2.05) is 25.7 Å². The van der Waals surface area contributed by atoms with Gasteiger partial charge in [0.05, 0.1) is 17.8 Å². The van der Waals surface area contributed by atoms with Gasteiger partial charge < -0.3 is 9.64 Å². The molecule has 2 saturated heterocycles. The molecule has 0 N–H and O–H groups in total. The van der Waals surface area contributed by atoms with Gasteiger partial charge in [-0.25, -0.2) is 19.2 Å². The molecule has 4 heterocycles. The first-order valence-electron chi connectivity index (χ1n) is 9.60. The van der Waals surface area contributed by atoms with Gasteiger partial charge in [-0.15, -0.1) is 0 Å². The number of nitrogens with zero attached hydrogens (tertiary/aromatic N) is 5. The summed E-state index contributed by atoms with van der Waals surface area (Å²) < 4.78 is 20.1. The van der Waals surface area contributed by atoms with Crippen LogP contribution in [0.1, 0.15) is 39.2 Å². The Morgan fingerprint density at radius 2 is 1.90 bits per heavy atom. The monoisotopic (exact) mass is 451 g/mol. The largest absolute Gasteiger partial charge is 0.444 e. The summed E-state index contributed by atoms with van der Waals surface area (Å²) in [5.74, 6) is -0.780. The summed E-state index contributed by atoms with van der Waals surface area (Å²) in [6.07, 6.45) is 2.70. The molecule has 2 aliphatic heterocycles. The number of hydrogen-bond acceptors (Lipinski definition) is 6. The molecule has 10 heteroatoms. The van der Waals surface area contributed by atoms with Crippen molar-refractivity contribution >= 4 is 45.9 Å². The van der Waals surface area contributed by atoms with E-state index >= 15 is 0 Å². The van der Waals surface area contributed by atoms with Crippen molar-refractivity contribution in [3.63, 3.8) is 0 Å².